The van der Waals surface area contributed by atoms with Crippen molar-refractivity contribution in [2.45, 2.75) is 25.3 Å². The van der Waals surface area contributed by atoms with Gasteiger partial charge in [-0.05, 0) is 37.0 Å². The standard InChI is InChI=1S/C15H17ClN4O3/c16-9-3-4-11(18-15(23)12-6-13(21)20-19-12)10(5-9)14(22)17-7-8-1-2-8/h3-5,8,12,19H,1-2,6-7H2,(H,17,22)(H,18,23)(H,20,21). The summed E-state index contributed by atoms with van der Waals surface area (Å²) in [6, 6.07) is 4.03. The SMILES string of the molecule is O=C1CC(C(=O)Nc2ccc(Cl)cc2C(=O)NCC2CC2)NN1. The highest BCUT2D eigenvalue weighted by atomic mass is 35.5. The van der Waals surface area contributed by atoms with Gasteiger partial charge in [-0.3, -0.25) is 19.8 Å². The van der Waals surface area contributed by atoms with Gasteiger partial charge in [0.1, 0.15) is 6.04 Å². The van der Waals surface area contributed by atoms with Gasteiger partial charge in [0.2, 0.25) is 11.8 Å². The van der Waals surface area contributed by atoms with Crippen molar-refractivity contribution < 1.29 is 14.4 Å². The zero-order chi connectivity index (χ0) is 16.4. The van der Waals surface area contributed by atoms with Crippen molar-refractivity contribution in [3.63, 3.8) is 0 Å². The Kier molecular flexibility index (Phi) is 4.49. The Hall–Kier alpha value is -2.12. The van der Waals surface area contributed by atoms with E-state index < -0.39 is 6.04 Å². The van der Waals surface area contributed by atoms with Crippen molar-refractivity contribution >= 4 is 35.0 Å². The lowest BCUT2D eigenvalue weighted by Gasteiger charge is -2.14. The molecule has 122 valence electrons. The maximum Gasteiger partial charge on any atom is 0.253 e. The molecule has 1 atom stereocenters. The summed E-state index contributed by atoms with van der Waals surface area (Å²) in [5.41, 5.74) is 5.65. The maximum absolute atomic E-state index is 12.3. The largest absolute Gasteiger partial charge is 0.352 e. The molecule has 0 spiro atoms. The number of benzene rings is 1. The number of halogens is 1. The van der Waals surface area contributed by atoms with Crippen molar-refractivity contribution in [3.8, 4) is 0 Å². The third kappa shape index (κ3) is 4.00. The van der Waals surface area contributed by atoms with Gasteiger partial charge >= 0.3 is 0 Å². The zero-order valence-corrected chi connectivity index (χ0v) is 13.1. The van der Waals surface area contributed by atoms with Gasteiger partial charge in [0, 0.05) is 11.6 Å². The van der Waals surface area contributed by atoms with Crippen molar-refractivity contribution in [2.75, 3.05) is 11.9 Å². The Morgan fingerprint density at radius 1 is 1.30 bits per heavy atom. The molecule has 1 aliphatic heterocycles. The van der Waals surface area contributed by atoms with Crippen molar-refractivity contribution in [1.82, 2.24) is 16.2 Å². The predicted molar refractivity (Wildman–Crippen MR) is 84.8 cm³/mol. The minimum atomic E-state index is -0.666. The fourth-order valence-electron chi connectivity index (χ4n) is 2.30. The zero-order valence-electron chi connectivity index (χ0n) is 12.3. The molecule has 4 N–H and O–H groups in total. The highest BCUT2D eigenvalue weighted by molar-refractivity contribution is 6.31. The number of hydrogen-bond acceptors (Lipinski definition) is 4. The molecular weight excluding hydrogens is 320 g/mol. The van der Waals surface area contributed by atoms with E-state index in [1.54, 1.807) is 12.1 Å². The third-order valence-corrected chi connectivity index (χ3v) is 4.06. The van der Waals surface area contributed by atoms with Gasteiger partial charge in [0.15, 0.2) is 0 Å². The molecule has 1 heterocycles. The quantitative estimate of drug-likeness (QED) is 0.639. The number of carbonyl (C=O) groups is 3. The van der Waals surface area contributed by atoms with Crippen molar-refractivity contribution in [1.29, 1.82) is 0 Å². The highest BCUT2D eigenvalue weighted by Gasteiger charge is 2.28. The molecule has 8 heteroatoms. The smallest absolute Gasteiger partial charge is 0.253 e. The number of amides is 3. The van der Waals surface area contributed by atoms with E-state index in [4.69, 9.17) is 11.6 Å². The molecule has 7 nitrogen and oxygen atoms in total. The van der Waals surface area contributed by atoms with Gasteiger partial charge in [-0.25, -0.2) is 5.43 Å². The van der Waals surface area contributed by atoms with Crippen LogP contribution < -0.4 is 21.5 Å². The molecule has 1 saturated heterocycles. The van der Waals surface area contributed by atoms with E-state index in [-0.39, 0.29) is 24.1 Å². The number of rotatable bonds is 5. The summed E-state index contributed by atoms with van der Waals surface area (Å²) in [6.07, 6.45) is 2.32. The molecule has 2 aliphatic rings. The number of anilines is 1. The van der Waals surface area contributed by atoms with Crippen LogP contribution in [0.25, 0.3) is 0 Å². The molecule has 1 aromatic rings. The van der Waals surface area contributed by atoms with Gasteiger partial charge < -0.3 is 10.6 Å². The van der Waals surface area contributed by atoms with E-state index in [2.05, 4.69) is 21.5 Å². The first-order valence-corrected chi connectivity index (χ1v) is 7.83. The van der Waals surface area contributed by atoms with E-state index in [0.29, 0.717) is 28.7 Å². The Labute approximate surface area is 138 Å². The van der Waals surface area contributed by atoms with E-state index in [0.717, 1.165) is 12.8 Å². The van der Waals surface area contributed by atoms with Crippen LogP contribution in [0.3, 0.4) is 0 Å². The first-order valence-electron chi connectivity index (χ1n) is 7.46. The predicted octanol–water partition coefficient (Wildman–Crippen LogP) is 0.811. The molecule has 3 amide bonds. The fourth-order valence-corrected chi connectivity index (χ4v) is 2.47. The molecular formula is C15H17ClN4O3. The van der Waals surface area contributed by atoms with Gasteiger partial charge in [-0.15, -0.1) is 0 Å². The second-order valence-electron chi connectivity index (χ2n) is 5.78. The van der Waals surface area contributed by atoms with Crippen LogP contribution in [0.1, 0.15) is 29.6 Å². The van der Waals surface area contributed by atoms with Gasteiger partial charge in [0.05, 0.1) is 17.7 Å². The second kappa shape index (κ2) is 6.55. The number of carbonyl (C=O) groups excluding carboxylic acids is 3. The molecule has 0 aromatic heterocycles. The summed E-state index contributed by atoms with van der Waals surface area (Å²) in [5.74, 6) is -0.357. The summed E-state index contributed by atoms with van der Waals surface area (Å²) in [4.78, 5) is 35.6. The minimum absolute atomic E-state index is 0.0582. The molecule has 1 aromatic carbocycles. The minimum Gasteiger partial charge on any atom is -0.352 e. The average molecular weight is 337 g/mol. The molecule has 23 heavy (non-hydrogen) atoms. The first kappa shape index (κ1) is 15.8. The summed E-state index contributed by atoms with van der Waals surface area (Å²) < 4.78 is 0. The molecule has 1 unspecified atom stereocenters. The molecule has 1 saturated carbocycles. The van der Waals surface area contributed by atoms with Crippen molar-refractivity contribution in [2.24, 2.45) is 5.92 Å². The molecule has 0 bridgehead atoms. The highest BCUT2D eigenvalue weighted by Crippen LogP contribution is 2.28. The third-order valence-electron chi connectivity index (χ3n) is 3.82. The summed E-state index contributed by atoms with van der Waals surface area (Å²) in [7, 11) is 0. The summed E-state index contributed by atoms with van der Waals surface area (Å²) in [6.45, 7) is 0.626. The van der Waals surface area contributed by atoms with Gasteiger partial charge in [0.25, 0.3) is 5.91 Å². The summed E-state index contributed by atoms with van der Waals surface area (Å²) in [5, 5.41) is 5.93. The van der Waals surface area contributed by atoms with E-state index in [1.807, 2.05) is 0 Å². The van der Waals surface area contributed by atoms with Crippen LogP contribution in [0.4, 0.5) is 5.69 Å². The van der Waals surface area contributed by atoms with Crippen LogP contribution >= 0.6 is 11.6 Å². The lowest BCUT2D eigenvalue weighted by atomic mass is 10.1. The lowest BCUT2D eigenvalue weighted by Crippen LogP contribution is -2.40. The van der Waals surface area contributed by atoms with Crippen LogP contribution in [0.2, 0.25) is 5.02 Å². The first-order chi connectivity index (χ1) is 11.0. The normalized spacial score (nSPS) is 20.0. The van der Waals surface area contributed by atoms with Crippen LogP contribution in [-0.2, 0) is 9.59 Å². The van der Waals surface area contributed by atoms with Crippen LogP contribution in [0, 0.1) is 5.92 Å². The summed E-state index contributed by atoms with van der Waals surface area (Å²) >= 11 is 5.96. The number of nitrogens with one attached hydrogen (secondary N) is 4. The Balaban J connectivity index is 1.71. The Morgan fingerprint density at radius 2 is 2.09 bits per heavy atom. The molecule has 1 aliphatic carbocycles. The van der Waals surface area contributed by atoms with Crippen molar-refractivity contribution in [3.05, 3.63) is 28.8 Å². The molecule has 0 radical (unpaired) electrons. The van der Waals surface area contributed by atoms with E-state index in [9.17, 15) is 14.4 Å². The number of hydrazine groups is 1. The maximum atomic E-state index is 12.3. The van der Waals surface area contributed by atoms with E-state index in [1.165, 1.54) is 6.07 Å². The average Bonchev–Trinajstić information content (AvgIpc) is 3.26. The van der Waals surface area contributed by atoms with Gasteiger partial charge in [-0.1, -0.05) is 11.6 Å². The van der Waals surface area contributed by atoms with Crippen LogP contribution in [0.15, 0.2) is 18.2 Å². The van der Waals surface area contributed by atoms with E-state index >= 15 is 0 Å². The molecule has 2 fully saturated rings. The monoisotopic (exact) mass is 336 g/mol. The lowest BCUT2D eigenvalue weighted by molar-refractivity contribution is -0.121. The Morgan fingerprint density at radius 3 is 2.74 bits per heavy atom. The van der Waals surface area contributed by atoms with Crippen LogP contribution in [0.5, 0.6) is 0 Å². The Bertz CT molecular complexity index is 660. The van der Waals surface area contributed by atoms with Crippen LogP contribution in [-0.4, -0.2) is 30.3 Å². The number of hydrogen-bond donors (Lipinski definition) is 4. The molecule has 3 rings (SSSR count). The second-order valence-corrected chi connectivity index (χ2v) is 6.22. The topological polar surface area (TPSA) is 99.3 Å². The fraction of sp³-hybridized carbons (Fsp3) is 0.400. The van der Waals surface area contributed by atoms with Gasteiger partial charge in [-0.2, -0.15) is 0 Å².